The van der Waals surface area contributed by atoms with E-state index < -0.39 is 214 Å². The van der Waals surface area contributed by atoms with Crippen molar-refractivity contribution in [2.45, 2.75) is 265 Å². The van der Waals surface area contributed by atoms with Gasteiger partial charge in [-0.1, -0.05) is 41.5 Å². The molecule has 2 bridgehead atoms. The van der Waals surface area contributed by atoms with Crippen molar-refractivity contribution in [2.24, 2.45) is 50.2 Å². The first kappa shape index (κ1) is 65.1. The third kappa shape index (κ3) is 10.2. The van der Waals surface area contributed by atoms with E-state index in [-0.39, 0.29) is 28.6 Å². The maximum absolute atomic E-state index is 12.7. The molecule has 85 heavy (non-hydrogen) atoms. The molecular weight excluding hydrogens is 1130 g/mol. The fourth-order valence-electron chi connectivity index (χ4n) is 18.9. The number of aldehydes is 1. The molecular formula is C58H94O27. The molecule has 0 amide bonds. The highest BCUT2D eigenvalue weighted by molar-refractivity contribution is 5.59. The number of rotatable bonds is 14. The first-order valence-corrected chi connectivity index (χ1v) is 30.6. The van der Waals surface area contributed by atoms with Gasteiger partial charge in [0.2, 0.25) is 0 Å². The second-order valence-corrected chi connectivity index (χ2v) is 28.6. The molecule has 11 fully saturated rings. The molecule has 488 valence electrons. The van der Waals surface area contributed by atoms with Gasteiger partial charge in [-0.2, -0.15) is 0 Å². The van der Waals surface area contributed by atoms with E-state index in [0.29, 0.717) is 38.7 Å². The van der Waals surface area contributed by atoms with Gasteiger partial charge >= 0.3 is 0 Å². The van der Waals surface area contributed by atoms with Gasteiger partial charge in [0.05, 0.1) is 57.5 Å². The zero-order valence-corrected chi connectivity index (χ0v) is 49.2. The Kier molecular flexibility index (Phi) is 18.1. The van der Waals surface area contributed by atoms with Crippen LogP contribution in [0.5, 0.6) is 0 Å². The summed E-state index contributed by atoms with van der Waals surface area (Å²) in [6, 6.07) is 0. The van der Waals surface area contributed by atoms with Crippen LogP contribution in [-0.2, 0) is 56.9 Å². The van der Waals surface area contributed by atoms with E-state index in [2.05, 4.69) is 34.6 Å². The number of fused-ring (bicyclic) bond motifs is 4. The van der Waals surface area contributed by atoms with E-state index in [1.165, 1.54) is 0 Å². The normalized spacial score (nSPS) is 57.6. The Morgan fingerprint density at radius 2 is 1.02 bits per heavy atom. The van der Waals surface area contributed by atoms with Crippen LogP contribution in [0.25, 0.3) is 0 Å². The molecule has 27 nitrogen and oxygen atoms in total. The highest BCUT2D eigenvalue weighted by Crippen LogP contribution is 2.80. The van der Waals surface area contributed by atoms with Crippen LogP contribution >= 0.6 is 0 Å². The highest BCUT2D eigenvalue weighted by atomic mass is 16.8. The van der Waals surface area contributed by atoms with Crippen molar-refractivity contribution in [2.75, 3.05) is 39.6 Å². The first-order valence-electron chi connectivity index (χ1n) is 30.6. The number of ether oxygens (including phenoxy) is 11. The minimum absolute atomic E-state index is 0.0296. The molecule has 0 aromatic carbocycles. The van der Waals surface area contributed by atoms with Crippen LogP contribution in [0.2, 0.25) is 0 Å². The molecule has 0 aromatic heterocycles. The predicted molar refractivity (Wildman–Crippen MR) is 283 cm³/mol. The Bertz CT molecular complexity index is 2340. The molecule has 15 N–H and O–H groups in total. The van der Waals surface area contributed by atoms with Gasteiger partial charge in [0.25, 0.3) is 0 Å². The maximum atomic E-state index is 12.7. The highest BCUT2D eigenvalue weighted by Gasteiger charge is 2.80. The Hall–Kier alpha value is -1.37. The fraction of sp³-hybridized carbons (Fsp3) is 0.983. The number of aliphatic hydroxyl groups excluding tert-OH is 15. The minimum atomic E-state index is -2.02. The van der Waals surface area contributed by atoms with E-state index in [9.17, 15) is 81.4 Å². The second kappa shape index (κ2) is 23.6. The molecule has 5 saturated carbocycles. The van der Waals surface area contributed by atoms with E-state index in [4.69, 9.17) is 52.1 Å². The third-order valence-corrected chi connectivity index (χ3v) is 24.1. The SMILES string of the molecule is CC1(C=O)CCC23COC4(CCC5C6(C)CCC(O[C@@H]7OC[C@H](O[C@@H]8O[C@H](CO)[C@@H](O)[C@H](O)[C@H]8O[C@@H]8OC[C@@H](O)[C@H](O)[C@H]8O)[C@H](O)[C@H]7O[C@@H]7O[C@H](CO)[C@@H](O)[C@H](O)[C@H]7O[C@@H]7O[C@H](CO)[C@@H](O)[C@H](O)[C@H]7O)C(C)(C)C6CCC5(C)C4(C)CC2O)C3C1. The first-order chi connectivity index (χ1) is 40.0. The summed E-state index contributed by atoms with van der Waals surface area (Å²) in [7, 11) is 0. The van der Waals surface area contributed by atoms with Crippen LogP contribution in [-0.4, -0.2) is 282 Å². The molecule has 5 aliphatic carbocycles. The second-order valence-electron chi connectivity index (χ2n) is 28.6. The predicted octanol–water partition coefficient (Wildman–Crippen LogP) is -4.07. The lowest BCUT2D eigenvalue weighted by Gasteiger charge is -2.75. The summed E-state index contributed by atoms with van der Waals surface area (Å²) in [6.07, 6.45) is -33.9. The summed E-state index contributed by atoms with van der Waals surface area (Å²) in [5, 5.41) is 165. The fourth-order valence-corrected chi connectivity index (χ4v) is 18.9. The van der Waals surface area contributed by atoms with Crippen molar-refractivity contribution in [1.82, 2.24) is 0 Å². The largest absolute Gasteiger partial charge is 0.394 e. The van der Waals surface area contributed by atoms with Gasteiger partial charge < -0.3 is 133 Å². The molecule has 27 heteroatoms. The number of hydrogen-bond acceptors (Lipinski definition) is 27. The number of carbonyl (C=O) groups excluding carboxylic acids is 1. The lowest BCUT2D eigenvalue weighted by Crippen LogP contribution is -2.74. The molecule has 0 radical (unpaired) electrons. The number of hydrogen-bond donors (Lipinski definition) is 15. The Balaban J connectivity index is 0.885. The average molecular weight is 1220 g/mol. The van der Waals surface area contributed by atoms with Gasteiger partial charge in [-0.3, -0.25) is 0 Å². The minimum Gasteiger partial charge on any atom is -0.394 e. The zero-order chi connectivity index (χ0) is 61.5. The van der Waals surface area contributed by atoms with E-state index in [1.807, 2.05) is 6.92 Å². The van der Waals surface area contributed by atoms with Crippen LogP contribution in [0, 0.1) is 50.2 Å². The van der Waals surface area contributed by atoms with Crippen LogP contribution in [0.15, 0.2) is 0 Å². The van der Waals surface area contributed by atoms with Crippen molar-refractivity contribution < 1.29 is 133 Å². The summed E-state index contributed by atoms with van der Waals surface area (Å²) in [4.78, 5) is 12.7. The van der Waals surface area contributed by atoms with Gasteiger partial charge in [0.15, 0.2) is 31.5 Å². The third-order valence-electron chi connectivity index (χ3n) is 24.1. The zero-order valence-electron chi connectivity index (χ0n) is 49.2. The van der Waals surface area contributed by atoms with E-state index >= 15 is 0 Å². The number of carbonyl (C=O) groups is 1. The smallest absolute Gasteiger partial charge is 0.187 e. The molecule has 11 unspecified atom stereocenters. The van der Waals surface area contributed by atoms with Gasteiger partial charge in [-0.05, 0) is 98.2 Å². The molecule has 6 aliphatic heterocycles. The monoisotopic (exact) mass is 1220 g/mol. The molecule has 1 spiro atoms. The van der Waals surface area contributed by atoms with Crippen LogP contribution in [0.4, 0.5) is 0 Å². The van der Waals surface area contributed by atoms with Crippen LogP contribution in [0.3, 0.4) is 0 Å². The lowest BCUT2D eigenvalue weighted by atomic mass is 9.30. The van der Waals surface area contributed by atoms with Crippen molar-refractivity contribution in [3.05, 3.63) is 0 Å². The molecule has 11 aliphatic rings. The van der Waals surface area contributed by atoms with Crippen LogP contribution < -0.4 is 0 Å². The standard InChI is InChI=1S/C58H94O27/c1-52(2)29-7-11-55(5)30(8-12-58-31-15-53(3,22-62)13-14-57(31,23-77-58)32(64)16-56(55,58)6)54(29,4)10-9-33(52)82-49-44(85-51-46(41(72)37(68)27(19-61)80-51)84-48-43(74)39(70)35(66)25(17-59)78-48)38(69)28(21-76-49)81-50-45(40(71)36(67)26(18-60)79-50)83-47-42(73)34(65)24(63)20-75-47/h22,24-51,59-61,63-74H,7-21,23H2,1-6H3/t24-,25-,26-,27-,28+,29?,30?,31?,32?,33?,34+,35-,36-,37-,38+,39+,40+,41+,42-,43-,44-,45-,46-,47+,48+,49+,50+,51+,53?,54?,55?,56?,57?,58?/m1/s1. The molecule has 6 saturated heterocycles. The van der Waals surface area contributed by atoms with Crippen LogP contribution in [0.1, 0.15) is 106 Å². The Morgan fingerprint density at radius 1 is 0.482 bits per heavy atom. The summed E-state index contributed by atoms with van der Waals surface area (Å²) in [5.41, 5.74) is -2.99. The molecule has 0 aromatic rings. The Labute approximate surface area is 493 Å². The summed E-state index contributed by atoms with van der Waals surface area (Å²) < 4.78 is 68.5. The maximum Gasteiger partial charge on any atom is 0.187 e. The van der Waals surface area contributed by atoms with Crippen molar-refractivity contribution in [1.29, 1.82) is 0 Å². The van der Waals surface area contributed by atoms with E-state index in [1.54, 1.807) is 0 Å². The lowest BCUT2D eigenvalue weighted by molar-refractivity contribution is -0.403. The molecule has 6 heterocycles. The summed E-state index contributed by atoms with van der Waals surface area (Å²) in [6.45, 7) is 10.3. The van der Waals surface area contributed by atoms with Gasteiger partial charge in [0.1, 0.15) is 116 Å². The van der Waals surface area contributed by atoms with Gasteiger partial charge in [-0.25, -0.2) is 0 Å². The summed E-state index contributed by atoms with van der Waals surface area (Å²) >= 11 is 0. The van der Waals surface area contributed by atoms with Crippen molar-refractivity contribution in [3.63, 3.8) is 0 Å². The summed E-state index contributed by atoms with van der Waals surface area (Å²) in [5.74, 6) is 0.263. The van der Waals surface area contributed by atoms with Crippen molar-refractivity contribution in [3.8, 4) is 0 Å². The van der Waals surface area contributed by atoms with Gasteiger partial charge in [0, 0.05) is 16.2 Å². The number of aliphatic hydroxyl groups is 15. The topological polar surface area (TPSA) is 422 Å². The van der Waals surface area contributed by atoms with Gasteiger partial charge in [-0.15, -0.1) is 0 Å². The average Bonchev–Trinajstić information content (AvgIpc) is 1.63. The van der Waals surface area contributed by atoms with Crippen molar-refractivity contribution >= 4 is 6.29 Å². The molecule has 34 atom stereocenters. The molecule has 11 rings (SSSR count). The quantitative estimate of drug-likeness (QED) is 0.0581. The Morgan fingerprint density at radius 3 is 1.65 bits per heavy atom. The van der Waals surface area contributed by atoms with E-state index in [0.717, 1.165) is 38.4 Å².